The third kappa shape index (κ3) is 4.69. The Morgan fingerprint density at radius 1 is 1.23 bits per heavy atom. The maximum atomic E-state index is 12.7. The first-order valence-electron chi connectivity index (χ1n) is 10.3. The fourth-order valence-corrected chi connectivity index (χ4v) is 3.75. The molecule has 3 aromatic rings. The molecule has 2 aromatic heterocycles. The summed E-state index contributed by atoms with van der Waals surface area (Å²) in [6.45, 7) is 7.74. The number of benzene rings is 1. The van der Waals surface area contributed by atoms with E-state index in [1.807, 2.05) is 24.4 Å². The molecule has 0 unspecified atom stereocenters. The Bertz CT molecular complexity index is 1140. The summed E-state index contributed by atoms with van der Waals surface area (Å²) >= 11 is 0. The van der Waals surface area contributed by atoms with Gasteiger partial charge in [-0.3, -0.25) is 14.9 Å². The van der Waals surface area contributed by atoms with Crippen LogP contribution in [0.5, 0.6) is 0 Å². The van der Waals surface area contributed by atoms with Crippen LogP contribution < -0.4 is 5.32 Å². The fraction of sp³-hybridized carbons (Fsp3) is 0.261. The summed E-state index contributed by atoms with van der Waals surface area (Å²) in [5.41, 5.74) is 4.85. The van der Waals surface area contributed by atoms with Crippen molar-refractivity contribution in [1.29, 1.82) is 0 Å². The summed E-state index contributed by atoms with van der Waals surface area (Å²) in [5.74, 6) is -0.303. The standard InChI is InChI=1S/C23H25N7O/c1-16(12-19(15-24-2)30-10-4-3-5-11-30)17-6-7-21-20(13-17)22(29-28-21)23(31)27-18-8-9-25-26-14-18/h6-9,12-15H,2-5,10-11H2,1H3,(H,28,29)(H,25,27,31)/b16-12+,19-15+. The molecule has 8 heteroatoms. The number of aromatic nitrogens is 4. The molecule has 0 radical (unpaired) electrons. The van der Waals surface area contributed by atoms with E-state index < -0.39 is 0 Å². The molecule has 0 aliphatic carbocycles. The van der Waals surface area contributed by atoms with Crippen LogP contribution in [0.25, 0.3) is 16.5 Å². The maximum absolute atomic E-state index is 12.7. The van der Waals surface area contributed by atoms with Crippen LogP contribution in [0.4, 0.5) is 5.69 Å². The largest absolute Gasteiger partial charge is 0.370 e. The summed E-state index contributed by atoms with van der Waals surface area (Å²) in [7, 11) is 0. The van der Waals surface area contributed by atoms with Crippen LogP contribution in [-0.4, -0.2) is 51.0 Å². The molecule has 1 saturated heterocycles. The number of rotatable bonds is 6. The van der Waals surface area contributed by atoms with E-state index in [2.05, 4.69) is 55.3 Å². The first-order valence-corrected chi connectivity index (χ1v) is 10.3. The van der Waals surface area contributed by atoms with Gasteiger partial charge in [-0.15, -0.1) is 0 Å². The zero-order chi connectivity index (χ0) is 21.6. The molecule has 0 saturated carbocycles. The van der Waals surface area contributed by atoms with Gasteiger partial charge in [0, 0.05) is 24.7 Å². The van der Waals surface area contributed by atoms with Gasteiger partial charge in [0.1, 0.15) is 0 Å². The third-order valence-electron chi connectivity index (χ3n) is 5.38. The van der Waals surface area contributed by atoms with Crippen molar-refractivity contribution in [3.05, 3.63) is 65.9 Å². The summed E-state index contributed by atoms with van der Waals surface area (Å²) in [6, 6.07) is 7.63. The summed E-state index contributed by atoms with van der Waals surface area (Å²) < 4.78 is 0. The maximum Gasteiger partial charge on any atom is 0.276 e. The number of anilines is 1. The van der Waals surface area contributed by atoms with E-state index in [0.29, 0.717) is 11.4 Å². The van der Waals surface area contributed by atoms with E-state index in [-0.39, 0.29) is 5.91 Å². The number of allylic oxidation sites excluding steroid dienone is 2. The Morgan fingerprint density at radius 2 is 2.06 bits per heavy atom. The molecule has 3 heterocycles. The molecule has 0 spiro atoms. The summed E-state index contributed by atoms with van der Waals surface area (Å²) in [5, 5.41) is 18.2. The molecule has 1 aliphatic heterocycles. The molecule has 4 rings (SSSR count). The predicted molar refractivity (Wildman–Crippen MR) is 123 cm³/mol. The van der Waals surface area contributed by atoms with Crippen LogP contribution in [0.2, 0.25) is 0 Å². The Kier molecular flexibility index (Phi) is 6.16. The van der Waals surface area contributed by atoms with Crippen molar-refractivity contribution in [2.45, 2.75) is 26.2 Å². The number of hydrogen-bond donors (Lipinski definition) is 2. The van der Waals surface area contributed by atoms with Gasteiger partial charge in [0.2, 0.25) is 0 Å². The summed E-state index contributed by atoms with van der Waals surface area (Å²) in [4.78, 5) is 19.1. The van der Waals surface area contributed by atoms with Crippen LogP contribution in [0.15, 0.2) is 59.6 Å². The quantitative estimate of drug-likeness (QED) is 0.468. The average molecular weight is 416 g/mol. The Morgan fingerprint density at radius 3 is 2.81 bits per heavy atom. The number of likely N-dealkylation sites (tertiary alicyclic amines) is 1. The lowest BCUT2D eigenvalue weighted by molar-refractivity contribution is 0.102. The van der Waals surface area contributed by atoms with Gasteiger partial charge in [0.05, 0.1) is 29.3 Å². The average Bonchev–Trinajstić information content (AvgIpc) is 3.23. The molecular weight excluding hydrogens is 390 g/mol. The van der Waals surface area contributed by atoms with E-state index in [1.165, 1.54) is 31.7 Å². The van der Waals surface area contributed by atoms with Gasteiger partial charge < -0.3 is 10.2 Å². The Labute approximate surface area is 180 Å². The highest BCUT2D eigenvalue weighted by molar-refractivity contribution is 6.11. The smallest absolute Gasteiger partial charge is 0.276 e. The van der Waals surface area contributed by atoms with Crippen molar-refractivity contribution < 1.29 is 4.79 Å². The summed E-state index contributed by atoms with van der Waals surface area (Å²) in [6.07, 6.45) is 10.6. The molecular formula is C23H25N7O. The van der Waals surface area contributed by atoms with E-state index in [1.54, 1.807) is 6.07 Å². The van der Waals surface area contributed by atoms with Crippen LogP contribution >= 0.6 is 0 Å². The van der Waals surface area contributed by atoms with Gasteiger partial charge in [-0.2, -0.15) is 15.3 Å². The number of piperidine rings is 1. The van der Waals surface area contributed by atoms with Gasteiger partial charge in [-0.1, -0.05) is 6.07 Å². The molecule has 0 bridgehead atoms. The first kappa shape index (κ1) is 20.5. The van der Waals surface area contributed by atoms with Crippen LogP contribution in [-0.2, 0) is 0 Å². The van der Waals surface area contributed by atoms with E-state index in [0.717, 1.165) is 40.8 Å². The van der Waals surface area contributed by atoms with Crippen molar-refractivity contribution in [1.82, 2.24) is 25.3 Å². The minimum Gasteiger partial charge on any atom is -0.370 e. The second kappa shape index (κ2) is 9.34. The van der Waals surface area contributed by atoms with Crippen molar-refractivity contribution in [2.75, 3.05) is 18.4 Å². The lowest BCUT2D eigenvalue weighted by atomic mass is 10.0. The zero-order valence-electron chi connectivity index (χ0n) is 17.5. The predicted octanol–water partition coefficient (Wildman–Crippen LogP) is 4.04. The molecule has 1 aromatic carbocycles. The molecule has 2 N–H and O–H groups in total. The number of H-pyrrole nitrogens is 1. The molecule has 31 heavy (non-hydrogen) atoms. The lowest BCUT2D eigenvalue weighted by Gasteiger charge is -2.29. The second-order valence-corrected chi connectivity index (χ2v) is 7.53. The van der Waals surface area contributed by atoms with Crippen LogP contribution in [0, 0.1) is 0 Å². The van der Waals surface area contributed by atoms with Gasteiger partial charge in [0.15, 0.2) is 5.69 Å². The van der Waals surface area contributed by atoms with E-state index in [9.17, 15) is 4.79 Å². The normalized spacial score (nSPS) is 15.2. The Hall–Kier alpha value is -3.81. The van der Waals surface area contributed by atoms with Gasteiger partial charge >= 0.3 is 0 Å². The monoisotopic (exact) mass is 415 g/mol. The van der Waals surface area contributed by atoms with Crippen molar-refractivity contribution in [2.24, 2.45) is 4.99 Å². The number of aliphatic imine (C=N–C) groups is 1. The van der Waals surface area contributed by atoms with Crippen molar-refractivity contribution >= 4 is 34.8 Å². The first-order chi connectivity index (χ1) is 15.2. The molecule has 158 valence electrons. The second-order valence-electron chi connectivity index (χ2n) is 7.53. The van der Waals surface area contributed by atoms with Crippen LogP contribution in [0.1, 0.15) is 42.2 Å². The fourth-order valence-electron chi connectivity index (χ4n) is 3.75. The van der Waals surface area contributed by atoms with Gasteiger partial charge in [0.25, 0.3) is 5.91 Å². The highest BCUT2D eigenvalue weighted by Gasteiger charge is 2.16. The highest BCUT2D eigenvalue weighted by Crippen LogP contribution is 2.25. The number of carbonyl (C=O) groups is 1. The molecule has 1 amide bonds. The van der Waals surface area contributed by atoms with Crippen molar-refractivity contribution in [3.63, 3.8) is 0 Å². The van der Waals surface area contributed by atoms with Gasteiger partial charge in [-0.05, 0) is 68.3 Å². The molecule has 1 aliphatic rings. The zero-order valence-corrected chi connectivity index (χ0v) is 17.5. The van der Waals surface area contributed by atoms with E-state index in [4.69, 9.17) is 0 Å². The minimum absolute atomic E-state index is 0.303. The van der Waals surface area contributed by atoms with Gasteiger partial charge in [-0.25, -0.2) is 0 Å². The number of aromatic amines is 1. The lowest BCUT2D eigenvalue weighted by Crippen LogP contribution is -2.28. The van der Waals surface area contributed by atoms with Crippen molar-refractivity contribution in [3.8, 4) is 0 Å². The van der Waals surface area contributed by atoms with E-state index >= 15 is 0 Å². The SMILES string of the molecule is C=N/C=C(\C=C(/C)c1ccc2[nH]nc(C(=O)Nc3ccnnc3)c2c1)N1CCCCC1. The number of nitrogens with zero attached hydrogens (tertiary/aromatic N) is 5. The minimum atomic E-state index is -0.303. The Balaban J connectivity index is 1.62. The number of carbonyl (C=O) groups excluding carboxylic acids is 1. The van der Waals surface area contributed by atoms with Crippen LogP contribution in [0.3, 0.4) is 0 Å². The number of hydrogen-bond acceptors (Lipinski definition) is 6. The molecule has 1 fully saturated rings. The molecule has 0 atom stereocenters. The topological polar surface area (TPSA) is 99.2 Å². The number of amides is 1. The number of nitrogens with one attached hydrogen (secondary N) is 2. The number of fused-ring (bicyclic) bond motifs is 1. The highest BCUT2D eigenvalue weighted by atomic mass is 16.1. The molecule has 8 nitrogen and oxygen atoms in total. The third-order valence-corrected chi connectivity index (χ3v) is 5.38.